The van der Waals surface area contributed by atoms with Crippen molar-refractivity contribution >= 4 is 23.5 Å². The molecule has 0 atom stereocenters. The lowest BCUT2D eigenvalue weighted by Gasteiger charge is -2.10. The summed E-state index contributed by atoms with van der Waals surface area (Å²) in [7, 11) is 0. The average Bonchev–Trinajstić information content (AvgIpc) is 2.59. The molecule has 0 aliphatic carbocycles. The highest BCUT2D eigenvalue weighted by molar-refractivity contribution is 6.32. The van der Waals surface area contributed by atoms with E-state index in [1.165, 1.54) is 0 Å². The molecule has 2 aromatic carbocycles. The molecule has 2 aromatic rings. The van der Waals surface area contributed by atoms with Crippen molar-refractivity contribution in [3.05, 3.63) is 58.1 Å². The van der Waals surface area contributed by atoms with Crippen LogP contribution in [0.15, 0.2) is 36.4 Å². The average molecular weight is 376 g/mol. The first-order chi connectivity index (χ1) is 12.3. The van der Waals surface area contributed by atoms with E-state index < -0.39 is 5.97 Å². The van der Waals surface area contributed by atoms with E-state index in [4.69, 9.17) is 21.4 Å². The molecule has 0 aliphatic rings. The van der Waals surface area contributed by atoms with Crippen LogP contribution in [0.25, 0.3) is 0 Å². The van der Waals surface area contributed by atoms with Gasteiger partial charge in [-0.15, -0.1) is 0 Å². The summed E-state index contributed by atoms with van der Waals surface area (Å²) in [5, 5.41) is 12.0. The molecule has 2 rings (SSSR count). The Labute approximate surface area is 157 Å². The molecule has 2 N–H and O–H groups in total. The molecule has 6 heteroatoms. The second-order valence-corrected chi connectivity index (χ2v) is 6.49. The normalized spacial score (nSPS) is 10.4. The number of amides is 1. The SMILES string of the molecule is Cc1cc(Oc2ccc(CCNC(=O)CCC(=O)O)cc2)cc(C)c1Cl. The number of benzene rings is 2. The van der Waals surface area contributed by atoms with Gasteiger partial charge in [0.15, 0.2) is 0 Å². The molecule has 0 aromatic heterocycles. The van der Waals surface area contributed by atoms with Crippen LogP contribution in [0.3, 0.4) is 0 Å². The van der Waals surface area contributed by atoms with Crippen molar-refractivity contribution in [3.63, 3.8) is 0 Å². The summed E-state index contributed by atoms with van der Waals surface area (Å²) in [5.41, 5.74) is 2.99. The molecule has 26 heavy (non-hydrogen) atoms. The summed E-state index contributed by atoms with van der Waals surface area (Å²) in [6.07, 6.45) is 0.516. The van der Waals surface area contributed by atoms with Crippen molar-refractivity contribution in [2.75, 3.05) is 6.54 Å². The van der Waals surface area contributed by atoms with Crippen molar-refractivity contribution in [2.45, 2.75) is 33.1 Å². The van der Waals surface area contributed by atoms with Crippen LogP contribution >= 0.6 is 11.6 Å². The second-order valence-electron chi connectivity index (χ2n) is 6.11. The summed E-state index contributed by atoms with van der Waals surface area (Å²) < 4.78 is 5.86. The molecule has 5 nitrogen and oxygen atoms in total. The Balaban J connectivity index is 1.84. The predicted molar refractivity (Wildman–Crippen MR) is 101 cm³/mol. The third kappa shape index (κ3) is 6.08. The fraction of sp³-hybridized carbons (Fsp3) is 0.300. The van der Waals surface area contributed by atoms with Crippen molar-refractivity contribution in [3.8, 4) is 11.5 Å². The van der Waals surface area contributed by atoms with Crippen molar-refractivity contribution in [1.82, 2.24) is 5.32 Å². The number of carbonyl (C=O) groups excluding carboxylic acids is 1. The van der Waals surface area contributed by atoms with E-state index in [0.717, 1.165) is 33.2 Å². The number of carboxylic acid groups (broad SMARTS) is 1. The zero-order valence-electron chi connectivity index (χ0n) is 14.8. The highest BCUT2D eigenvalue weighted by Crippen LogP contribution is 2.29. The molecular weight excluding hydrogens is 354 g/mol. The monoisotopic (exact) mass is 375 g/mol. The van der Waals surface area contributed by atoms with E-state index in [0.29, 0.717) is 13.0 Å². The van der Waals surface area contributed by atoms with Crippen LogP contribution in [-0.2, 0) is 16.0 Å². The van der Waals surface area contributed by atoms with Gasteiger partial charge < -0.3 is 15.2 Å². The van der Waals surface area contributed by atoms with Crippen molar-refractivity contribution in [1.29, 1.82) is 0 Å². The number of aryl methyl sites for hydroxylation is 2. The van der Waals surface area contributed by atoms with Gasteiger partial charge >= 0.3 is 5.97 Å². The molecule has 138 valence electrons. The zero-order chi connectivity index (χ0) is 19.1. The lowest BCUT2D eigenvalue weighted by Crippen LogP contribution is -2.25. The van der Waals surface area contributed by atoms with Crippen LogP contribution in [0, 0.1) is 13.8 Å². The van der Waals surface area contributed by atoms with Crippen LogP contribution in [0.2, 0.25) is 5.02 Å². The van der Waals surface area contributed by atoms with Gasteiger partial charge in [-0.2, -0.15) is 0 Å². The van der Waals surface area contributed by atoms with Gasteiger partial charge in [-0.25, -0.2) is 0 Å². The molecule has 0 fully saturated rings. The Hall–Kier alpha value is -2.53. The maximum Gasteiger partial charge on any atom is 0.303 e. The van der Waals surface area contributed by atoms with Crippen LogP contribution in [-0.4, -0.2) is 23.5 Å². The minimum atomic E-state index is -0.971. The van der Waals surface area contributed by atoms with Crippen molar-refractivity contribution in [2.24, 2.45) is 0 Å². The first kappa shape index (κ1) is 19.8. The lowest BCUT2D eigenvalue weighted by molar-refractivity contribution is -0.138. The Kier molecular flexibility index (Phi) is 7.04. The Morgan fingerprint density at radius 3 is 2.23 bits per heavy atom. The standard InChI is InChI=1S/C20H22ClNO4/c1-13-11-17(12-14(2)20(13)21)26-16-5-3-15(4-6-16)9-10-22-18(23)7-8-19(24)25/h3-6,11-12H,7-10H2,1-2H3,(H,22,23)(H,24,25). The molecule has 0 spiro atoms. The Morgan fingerprint density at radius 2 is 1.65 bits per heavy atom. The highest BCUT2D eigenvalue weighted by Gasteiger charge is 2.06. The van der Waals surface area contributed by atoms with Crippen LogP contribution < -0.4 is 10.1 Å². The summed E-state index contributed by atoms with van der Waals surface area (Å²) in [6, 6.07) is 11.4. The quantitative estimate of drug-likeness (QED) is 0.722. The molecule has 0 radical (unpaired) electrons. The van der Waals surface area contributed by atoms with E-state index in [9.17, 15) is 9.59 Å². The molecule has 0 aliphatic heterocycles. The first-order valence-electron chi connectivity index (χ1n) is 8.37. The Bertz CT molecular complexity index is 764. The maximum absolute atomic E-state index is 11.5. The number of hydrogen-bond donors (Lipinski definition) is 2. The van der Waals surface area contributed by atoms with E-state index in [-0.39, 0.29) is 18.7 Å². The minimum Gasteiger partial charge on any atom is -0.481 e. The Morgan fingerprint density at radius 1 is 1.04 bits per heavy atom. The van der Waals surface area contributed by atoms with Gasteiger partial charge in [0.1, 0.15) is 11.5 Å². The largest absolute Gasteiger partial charge is 0.481 e. The number of rotatable bonds is 8. The number of ether oxygens (including phenoxy) is 1. The molecule has 0 saturated carbocycles. The molecule has 0 heterocycles. The molecular formula is C20H22ClNO4. The number of nitrogens with one attached hydrogen (secondary N) is 1. The smallest absolute Gasteiger partial charge is 0.303 e. The topological polar surface area (TPSA) is 75.6 Å². The van der Waals surface area contributed by atoms with Gasteiger partial charge in [0.05, 0.1) is 6.42 Å². The summed E-state index contributed by atoms with van der Waals surface area (Å²) in [4.78, 5) is 21.9. The van der Waals surface area contributed by atoms with Gasteiger partial charge in [0.25, 0.3) is 0 Å². The first-order valence-corrected chi connectivity index (χ1v) is 8.75. The van der Waals surface area contributed by atoms with Gasteiger partial charge in [-0.1, -0.05) is 23.7 Å². The van der Waals surface area contributed by atoms with Crippen LogP contribution in [0.4, 0.5) is 0 Å². The highest BCUT2D eigenvalue weighted by atomic mass is 35.5. The number of aliphatic carboxylic acids is 1. The number of halogens is 1. The summed E-state index contributed by atoms with van der Waals surface area (Å²) in [5.74, 6) is 0.242. The lowest BCUT2D eigenvalue weighted by atomic mass is 10.1. The predicted octanol–water partition coefficient (Wildman–Crippen LogP) is 4.27. The summed E-state index contributed by atoms with van der Waals surface area (Å²) >= 11 is 6.16. The number of carbonyl (C=O) groups is 2. The number of hydrogen-bond acceptors (Lipinski definition) is 3. The molecule has 1 amide bonds. The molecule has 0 unspecified atom stereocenters. The zero-order valence-corrected chi connectivity index (χ0v) is 15.6. The van der Waals surface area contributed by atoms with Gasteiger partial charge in [-0.05, 0) is 61.2 Å². The second kappa shape index (κ2) is 9.25. The third-order valence-corrected chi connectivity index (χ3v) is 4.47. The maximum atomic E-state index is 11.5. The van der Waals surface area contributed by atoms with Crippen molar-refractivity contribution < 1.29 is 19.4 Å². The minimum absolute atomic E-state index is 0.00202. The number of carboxylic acids is 1. The van der Waals surface area contributed by atoms with Gasteiger partial charge in [0, 0.05) is 18.0 Å². The van der Waals surface area contributed by atoms with E-state index in [1.54, 1.807) is 0 Å². The van der Waals surface area contributed by atoms with Gasteiger partial charge in [0.2, 0.25) is 5.91 Å². The van der Waals surface area contributed by atoms with Gasteiger partial charge in [-0.3, -0.25) is 9.59 Å². The molecule has 0 bridgehead atoms. The molecule has 0 saturated heterocycles. The van der Waals surface area contributed by atoms with Crippen LogP contribution in [0.5, 0.6) is 11.5 Å². The van der Waals surface area contributed by atoms with E-state index in [2.05, 4.69) is 5.32 Å². The van der Waals surface area contributed by atoms with E-state index >= 15 is 0 Å². The van der Waals surface area contributed by atoms with Crippen LogP contribution in [0.1, 0.15) is 29.5 Å². The third-order valence-electron chi connectivity index (χ3n) is 3.87. The van der Waals surface area contributed by atoms with E-state index in [1.807, 2.05) is 50.2 Å². The fourth-order valence-corrected chi connectivity index (χ4v) is 2.59. The fourth-order valence-electron chi connectivity index (χ4n) is 2.48. The summed E-state index contributed by atoms with van der Waals surface area (Å²) in [6.45, 7) is 4.35.